The van der Waals surface area contributed by atoms with Gasteiger partial charge < -0.3 is 4.57 Å². The average molecular weight is 408 g/mol. The van der Waals surface area contributed by atoms with Gasteiger partial charge in [-0.05, 0) is 58.5 Å². The van der Waals surface area contributed by atoms with Gasteiger partial charge in [0, 0.05) is 10.1 Å². The molecule has 1 heterocycles. The Morgan fingerprint density at radius 3 is 2.62 bits per heavy atom. The predicted molar refractivity (Wildman–Crippen MR) is 92.3 cm³/mol. The summed E-state index contributed by atoms with van der Waals surface area (Å²) in [6.07, 6.45) is 0. The molecule has 0 saturated heterocycles. The first-order chi connectivity index (χ1) is 10.2. The number of hydrogen-bond donors (Lipinski definition) is 0. The van der Waals surface area contributed by atoms with Crippen LogP contribution in [0.2, 0.25) is 0 Å². The van der Waals surface area contributed by atoms with Crippen LogP contribution in [0.4, 0.5) is 0 Å². The summed E-state index contributed by atoms with van der Waals surface area (Å²) in [5.74, 6) is 1.24. The molecule has 0 aliphatic carbocycles. The number of hydrogen-bond acceptors (Lipinski definition) is 2. The van der Waals surface area contributed by atoms with Crippen molar-refractivity contribution in [1.82, 2.24) is 9.55 Å². The molecule has 0 amide bonds. The van der Waals surface area contributed by atoms with Gasteiger partial charge in [-0.1, -0.05) is 12.1 Å². The van der Waals surface area contributed by atoms with Gasteiger partial charge in [-0.3, -0.25) is 0 Å². The molecule has 3 aromatic rings. The minimum Gasteiger partial charge on any atom is -0.322 e. The Kier molecular flexibility index (Phi) is 4.13. The van der Waals surface area contributed by atoms with E-state index in [1.165, 1.54) is 0 Å². The molecule has 0 spiro atoms. The molecule has 0 N–H and O–H groups in total. The van der Waals surface area contributed by atoms with Crippen LogP contribution >= 0.6 is 34.2 Å². The highest BCUT2D eigenvalue weighted by Crippen LogP contribution is 2.21. The molecule has 21 heavy (non-hydrogen) atoms. The SMILES string of the molecule is N#Cc1ccc(Cn2c(CCl)nc3cc(I)ccc32)cc1. The maximum atomic E-state index is 8.85. The number of nitriles is 1. The zero-order chi connectivity index (χ0) is 14.8. The Hall–Kier alpha value is -1.58. The Labute approximate surface area is 141 Å². The Balaban J connectivity index is 2.04. The highest BCUT2D eigenvalue weighted by atomic mass is 127. The van der Waals surface area contributed by atoms with E-state index >= 15 is 0 Å². The first-order valence-corrected chi connectivity index (χ1v) is 8.02. The van der Waals surface area contributed by atoms with Crippen LogP contribution in [0.1, 0.15) is 17.0 Å². The fourth-order valence-electron chi connectivity index (χ4n) is 2.30. The van der Waals surface area contributed by atoms with Gasteiger partial charge in [0.2, 0.25) is 0 Å². The lowest BCUT2D eigenvalue weighted by atomic mass is 10.1. The second kappa shape index (κ2) is 6.04. The standard InChI is InChI=1S/C16H11ClIN3/c17-8-16-20-14-7-13(18)5-6-15(14)21(16)10-12-3-1-11(9-19)2-4-12/h1-7H,8,10H2. The first kappa shape index (κ1) is 14.4. The highest BCUT2D eigenvalue weighted by molar-refractivity contribution is 14.1. The fourth-order valence-corrected chi connectivity index (χ4v) is 2.98. The maximum Gasteiger partial charge on any atom is 0.125 e. The van der Waals surface area contributed by atoms with Crippen LogP contribution in [0.15, 0.2) is 42.5 Å². The van der Waals surface area contributed by atoms with Crippen molar-refractivity contribution in [3.05, 3.63) is 63.0 Å². The lowest BCUT2D eigenvalue weighted by Crippen LogP contribution is -2.03. The van der Waals surface area contributed by atoms with Crippen LogP contribution in [0.3, 0.4) is 0 Å². The third-order valence-electron chi connectivity index (χ3n) is 3.33. The largest absolute Gasteiger partial charge is 0.322 e. The second-order valence-corrected chi connectivity index (χ2v) is 6.20. The number of fused-ring (bicyclic) bond motifs is 1. The summed E-state index contributed by atoms with van der Waals surface area (Å²) >= 11 is 8.31. The molecule has 104 valence electrons. The van der Waals surface area contributed by atoms with Gasteiger partial charge in [0.15, 0.2) is 0 Å². The number of nitrogens with zero attached hydrogens (tertiary/aromatic N) is 3. The molecule has 3 rings (SSSR count). The van der Waals surface area contributed by atoms with Gasteiger partial charge in [0.05, 0.1) is 28.5 Å². The van der Waals surface area contributed by atoms with E-state index in [1.54, 1.807) is 0 Å². The molecular formula is C16H11ClIN3. The second-order valence-electron chi connectivity index (χ2n) is 4.69. The number of halogens is 2. The molecule has 0 radical (unpaired) electrons. The summed E-state index contributed by atoms with van der Waals surface area (Å²) in [5.41, 5.74) is 3.83. The van der Waals surface area contributed by atoms with Gasteiger partial charge in [0.1, 0.15) is 5.82 Å². The molecule has 0 unspecified atom stereocenters. The van der Waals surface area contributed by atoms with E-state index in [1.807, 2.05) is 24.3 Å². The van der Waals surface area contributed by atoms with Crippen molar-refractivity contribution in [2.24, 2.45) is 0 Å². The molecule has 0 saturated carbocycles. The molecule has 0 aliphatic heterocycles. The van der Waals surface area contributed by atoms with E-state index in [0.717, 1.165) is 26.0 Å². The Morgan fingerprint density at radius 2 is 1.95 bits per heavy atom. The molecule has 5 heteroatoms. The van der Waals surface area contributed by atoms with Gasteiger partial charge in [-0.25, -0.2) is 4.98 Å². The van der Waals surface area contributed by atoms with E-state index in [-0.39, 0.29) is 0 Å². The summed E-state index contributed by atoms with van der Waals surface area (Å²) in [6.45, 7) is 0.699. The third kappa shape index (κ3) is 2.89. The average Bonchev–Trinajstić information content (AvgIpc) is 2.85. The first-order valence-electron chi connectivity index (χ1n) is 6.41. The van der Waals surface area contributed by atoms with E-state index in [4.69, 9.17) is 16.9 Å². The molecular weight excluding hydrogens is 397 g/mol. The summed E-state index contributed by atoms with van der Waals surface area (Å²) in [4.78, 5) is 4.60. The quantitative estimate of drug-likeness (QED) is 0.480. The summed E-state index contributed by atoms with van der Waals surface area (Å²) in [5, 5.41) is 8.85. The zero-order valence-electron chi connectivity index (χ0n) is 11.1. The topological polar surface area (TPSA) is 41.6 Å². The molecule has 0 atom stereocenters. The summed E-state index contributed by atoms with van der Waals surface area (Å²) in [7, 11) is 0. The Morgan fingerprint density at radius 1 is 1.19 bits per heavy atom. The van der Waals surface area contributed by atoms with Crippen LogP contribution < -0.4 is 0 Å². The lowest BCUT2D eigenvalue weighted by molar-refractivity contribution is 0.778. The van der Waals surface area contributed by atoms with Crippen molar-refractivity contribution in [3.8, 4) is 6.07 Å². The maximum absolute atomic E-state index is 8.85. The van der Waals surface area contributed by atoms with Crippen molar-refractivity contribution < 1.29 is 0 Å². The summed E-state index contributed by atoms with van der Waals surface area (Å²) < 4.78 is 3.28. The van der Waals surface area contributed by atoms with E-state index in [0.29, 0.717) is 18.0 Å². The van der Waals surface area contributed by atoms with E-state index in [2.05, 4.69) is 56.4 Å². The zero-order valence-corrected chi connectivity index (χ0v) is 14.0. The molecule has 1 aromatic heterocycles. The smallest absolute Gasteiger partial charge is 0.125 e. The van der Waals surface area contributed by atoms with Gasteiger partial charge >= 0.3 is 0 Å². The number of rotatable bonds is 3. The van der Waals surface area contributed by atoms with Crippen LogP contribution in [-0.2, 0) is 12.4 Å². The van der Waals surface area contributed by atoms with Gasteiger partial charge in [0.25, 0.3) is 0 Å². The van der Waals surface area contributed by atoms with Crippen molar-refractivity contribution in [3.63, 3.8) is 0 Å². The van der Waals surface area contributed by atoms with E-state index < -0.39 is 0 Å². The van der Waals surface area contributed by atoms with Crippen LogP contribution in [0.25, 0.3) is 11.0 Å². The van der Waals surface area contributed by atoms with Gasteiger partial charge in [-0.15, -0.1) is 11.6 Å². The molecule has 0 fully saturated rings. The summed E-state index contributed by atoms with van der Waals surface area (Å²) in [6, 6.07) is 15.9. The van der Waals surface area contributed by atoms with Crippen molar-refractivity contribution in [1.29, 1.82) is 5.26 Å². The number of alkyl halides is 1. The fraction of sp³-hybridized carbons (Fsp3) is 0.125. The number of benzene rings is 2. The van der Waals surface area contributed by atoms with Crippen LogP contribution in [0.5, 0.6) is 0 Å². The Bertz CT molecular complexity index is 831. The van der Waals surface area contributed by atoms with Crippen molar-refractivity contribution in [2.75, 3.05) is 0 Å². The minimum atomic E-state index is 0.377. The van der Waals surface area contributed by atoms with Crippen molar-refractivity contribution >= 4 is 45.2 Å². The monoisotopic (exact) mass is 407 g/mol. The van der Waals surface area contributed by atoms with Crippen LogP contribution in [-0.4, -0.2) is 9.55 Å². The predicted octanol–water partition coefficient (Wildman–Crippen LogP) is 4.30. The minimum absolute atomic E-state index is 0.377. The highest BCUT2D eigenvalue weighted by Gasteiger charge is 2.10. The van der Waals surface area contributed by atoms with Crippen LogP contribution in [0, 0.1) is 14.9 Å². The molecule has 0 aliphatic rings. The van der Waals surface area contributed by atoms with Crippen molar-refractivity contribution in [2.45, 2.75) is 12.4 Å². The van der Waals surface area contributed by atoms with E-state index in [9.17, 15) is 0 Å². The van der Waals surface area contributed by atoms with Gasteiger partial charge in [-0.2, -0.15) is 5.26 Å². The number of aromatic nitrogens is 2. The molecule has 2 aromatic carbocycles. The normalized spacial score (nSPS) is 10.7. The molecule has 0 bridgehead atoms. The lowest BCUT2D eigenvalue weighted by Gasteiger charge is -2.08. The molecule has 3 nitrogen and oxygen atoms in total. The third-order valence-corrected chi connectivity index (χ3v) is 4.24. The number of imidazole rings is 1.